The number of rotatable bonds is 53. The Balaban J connectivity index is 3.61. The summed E-state index contributed by atoms with van der Waals surface area (Å²) in [6, 6.07) is -1.97. The highest BCUT2D eigenvalue weighted by atomic mass is 16.5. The highest BCUT2D eigenvalue weighted by Gasteiger charge is 2.21. The molecule has 0 fully saturated rings. The van der Waals surface area contributed by atoms with Crippen molar-refractivity contribution in [1.82, 2.24) is 32.0 Å². The number of nitrogens with one attached hydrogen (secondary N) is 6. The van der Waals surface area contributed by atoms with Crippen LogP contribution in [-0.2, 0) is 66.8 Å². The van der Waals surface area contributed by atoms with Gasteiger partial charge in [-0.3, -0.25) is 39.4 Å². The standard InChI is InChI=1S/C47H87N7O17/c48-54-39(47(64)65)17-15-16-22-49-42(57)35-69-32-30-67-27-24-51-44(59)37-71-34-31-68-28-25-52-43(58)36-70-33-29-66-26-23-50-40(55)21-20-38(46(62)63)53-41(56)18-13-11-9-7-5-3-1-2-4-6-8-10-12-14-19-45(60)61/h38-39,54H,1-37,48H2,(H,49,57)(H,50,55)(H,51,59)(H,52,58)(H,53,56)(H,60,61)(H,62,63)(H,64,65)/t38-,39-/m0/s1. The third kappa shape index (κ3) is 47.5. The van der Waals surface area contributed by atoms with Crippen LogP contribution in [0, 0.1) is 0 Å². The fourth-order valence-corrected chi connectivity index (χ4v) is 6.65. The van der Waals surface area contributed by atoms with Gasteiger partial charge in [0.15, 0.2) is 0 Å². The van der Waals surface area contributed by atoms with E-state index in [9.17, 15) is 43.5 Å². The summed E-state index contributed by atoms with van der Waals surface area (Å²) in [7, 11) is 0. The number of amides is 5. The topological polar surface area (TPSA) is 351 Å². The van der Waals surface area contributed by atoms with Crippen molar-refractivity contribution in [2.24, 2.45) is 5.84 Å². The van der Waals surface area contributed by atoms with Crippen molar-refractivity contribution in [3.8, 4) is 0 Å². The zero-order valence-electron chi connectivity index (χ0n) is 42.0. The molecule has 0 unspecified atom stereocenters. The van der Waals surface area contributed by atoms with Crippen LogP contribution in [0.3, 0.4) is 0 Å². The van der Waals surface area contributed by atoms with Crippen molar-refractivity contribution in [3.63, 3.8) is 0 Å². The highest BCUT2D eigenvalue weighted by molar-refractivity contribution is 5.84. The molecule has 11 N–H and O–H groups in total. The minimum atomic E-state index is -1.19. The fourth-order valence-electron chi connectivity index (χ4n) is 6.65. The van der Waals surface area contributed by atoms with Crippen LogP contribution < -0.4 is 37.9 Å². The Hall–Kier alpha value is -4.56. The molecular formula is C47H87N7O17. The van der Waals surface area contributed by atoms with E-state index in [1.54, 1.807) is 0 Å². The number of nitrogens with two attached hydrogens (primary N) is 1. The summed E-state index contributed by atoms with van der Waals surface area (Å²) in [5.74, 6) is 0.561. The third-order valence-corrected chi connectivity index (χ3v) is 10.6. The first-order chi connectivity index (χ1) is 34.3. The summed E-state index contributed by atoms with van der Waals surface area (Å²) in [6.07, 6.45) is 16.9. The van der Waals surface area contributed by atoms with Crippen molar-refractivity contribution < 1.29 is 82.1 Å². The average Bonchev–Trinajstić information content (AvgIpc) is 3.33. The fraction of sp³-hybridized carbons (Fsp3) is 0.830. The number of hydrazine groups is 1. The van der Waals surface area contributed by atoms with Gasteiger partial charge in [0.05, 0.1) is 59.5 Å². The minimum Gasteiger partial charge on any atom is -0.481 e. The van der Waals surface area contributed by atoms with Crippen molar-refractivity contribution in [1.29, 1.82) is 0 Å². The zero-order chi connectivity index (χ0) is 52.4. The van der Waals surface area contributed by atoms with E-state index >= 15 is 0 Å². The second-order valence-electron chi connectivity index (χ2n) is 16.8. The molecule has 5 amide bonds. The molecule has 0 aliphatic rings. The van der Waals surface area contributed by atoms with E-state index in [1.807, 2.05) is 0 Å². The summed E-state index contributed by atoms with van der Waals surface area (Å²) >= 11 is 0. The van der Waals surface area contributed by atoms with Crippen molar-refractivity contribution >= 4 is 47.4 Å². The van der Waals surface area contributed by atoms with Gasteiger partial charge >= 0.3 is 17.9 Å². The molecule has 24 heteroatoms. The number of hydrogen-bond acceptors (Lipinski definition) is 16. The summed E-state index contributed by atoms with van der Waals surface area (Å²) in [5.41, 5.74) is 2.22. The molecule has 412 valence electrons. The normalized spacial score (nSPS) is 11.9. The summed E-state index contributed by atoms with van der Waals surface area (Å²) in [6.45, 7) is 2.39. The molecule has 0 rings (SSSR count). The van der Waals surface area contributed by atoms with Gasteiger partial charge in [-0.15, -0.1) is 0 Å². The van der Waals surface area contributed by atoms with Gasteiger partial charge in [0.1, 0.15) is 31.9 Å². The molecule has 0 heterocycles. The lowest BCUT2D eigenvalue weighted by atomic mass is 10.0. The van der Waals surface area contributed by atoms with Crippen LogP contribution in [0.1, 0.15) is 135 Å². The monoisotopic (exact) mass is 1020 g/mol. The van der Waals surface area contributed by atoms with Crippen molar-refractivity contribution in [3.05, 3.63) is 0 Å². The van der Waals surface area contributed by atoms with Crippen LogP contribution in [0.2, 0.25) is 0 Å². The lowest BCUT2D eigenvalue weighted by molar-refractivity contribution is -0.142. The second kappa shape index (κ2) is 49.0. The Kier molecular flexibility index (Phi) is 45.9. The number of aliphatic carboxylic acids is 3. The number of unbranched alkanes of at least 4 members (excludes halogenated alkanes) is 14. The van der Waals surface area contributed by atoms with Gasteiger partial charge in [0.2, 0.25) is 29.5 Å². The molecular weight excluding hydrogens is 935 g/mol. The summed E-state index contributed by atoms with van der Waals surface area (Å²) < 4.78 is 31.9. The van der Waals surface area contributed by atoms with Crippen LogP contribution >= 0.6 is 0 Å². The quantitative estimate of drug-likeness (QED) is 0.0233. The Morgan fingerprint density at radius 3 is 1.11 bits per heavy atom. The van der Waals surface area contributed by atoms with Crippen LogP contribution in [0.4, 0.5) is 0 Å². The SMILES string of the molecule is NN[C@@H](CCCCNC(=O)COCCOCCNC(=O)COCCOCCNC(=O)COCCOCCNC(=O)CC[C@H](NC(=O)CCCCCCCCCCCCCCCCC(=O)O)C(=O)O)C(=O)O. The number of carbonyl (C=O) groups is 8. The van der Waals surface area contributed by atoms with E-state index < -0.39 is 30.0 Å². The highest BCUT2D eigenvalue weighted by Crippen LogP contribution is 2.14. The summed E-state index contributed by atoms with van der Waals surface area (Å²) in [5, 5.41) is 40.2. The number of carbonyl (C=O) groups excluding carboxylic acids is 5. The predicted molar refractivity (Wildman–Crippen MR) is 260 cm³/mol. The van der Waals surface area contributed by atoms with Crippen LogP contribution in [0.15, 0.2) is 0 Å². The molecule has 0 bridgehead atoms. The second-order valence-corrected chi connectivity index (χ2v) is 16.8. The maximum Gasteiger partial charge on any atom is 0.326 e. The smallest absolute Gasteiger partial charge is 0.326 e. The first-order valence-electron chi connectivity index (χ1n) is 25.3. The van der Waals surface area contributed by atoms with Gasteiger partial charge in [-0.2, -0.15) is 0 Å². The Bertz CT molecular complexity index is 1430. The predicted octanol–water partition coefficient (Wildman–Crippen LogP) is 1.31. The molecule has 0 spiro atoms. The molecule has 2 atom stereocenters. The van der Waals surface area contributed by atoms with Gasteiger partial charge in [0.25, 0.3) is 0 Å². The Morgan fingerprint density at radius 1 is 0.352 bits per heavy atom. The molecule has 0 aromatic rings. The Morgan fingerprint density at radius 2 is 0.718 bits per heavy atom. The van der Waals surface area contributed by atoms with Gasteiger partial charge in [0, 0.05) is 45.4 Å². The van der Waals surface area contributed by atoms with E-state index in [2.05, 4.69) is 32.0 Å². The molecule has 0 radical (unpaired) electrons. The molecule has 71 heavy (non-hydrogen) atoms. The number of hydrogen-bond donors (Lipinski definition) is 10. The maximum absolute atomic E-state index is 12.3. The molecule has 0 aliphatic carbocycles. The maximum atomic E-state index is 12.3. The minimum absolute atomic E-state index is 0.0389. The largest absolute Gasteiger partial charge is 0.481 e. The van der Waals surface area contributed by atoms with Crippen LogP contribution in [0.25, 0.3) is 0 Å². The molecule has 0 saturated carbocycles. The molecule has 0 saturated heterocycles. The van der Waals surface area contributed by atoms with Crippen molar-refractivity contribution in [2.45, 2.75) is 147 Å². The van der Waals surface area contributed by atoms with Gasteiger partial charge < -0.3 is 70.3 Å². The van der Waals surface area contributed by atoms with E-state index in [0.29, 0.717) is 32.2 Å². The number of ether oxygens (including phenoxy) is 6. The van der Waals surface area contributed by atoms with Crippen LogP contribution in [-0.4, -0.2) is 180 Å². The first-order valence-corrected chi connectivity index (χ1v) is 25.3. The first kappa shape index (κ1) is 66.4. The van der Waals surface area contributed by atoms with E-state index in [-0.39, 0.29) is 154 Å². The Labute approximate surface area is 418 Å². The lowest BCUT2D eigenvalue weighted by Crippen LogP contribution is -2.41. The van der Waals surface area contributed by atoms with Crippen LogP contribution in [0.5, 0.6) is 0 Å². The molecule has 24 nitrogen and oxygen atoms in total. The molecule has 0 aromatic heterocycles. The number of carboxylic acid groups (broad SMARTS) is 3. The van der Waals surface area contributed by atoms with Gasteiger partial charge in [-0.1, -0.05) is 77.0 Å². The molecule has 0 aromatic carbocycles. The van der Waals surface area contributed by atoms with Gasteiger partial charge in [-0.25, -0.2) is 10.2 Å². The van der Waals surface area contributed by atoms with Crippen molar-refractivity contribution in [2.75, 3.05) is 105 Å². The van der Waals surface area contributed by atoms with E-state index in [0.717, 1.165) is 44.9 Å². The zero-order valence-corrected chi connectivity index (χ0v) is 42.0. The average molecular weight is 1020 g/mol. The number of carboxylic acids is 3. The molecule has 0 aliphatic heterocycles. The summed E-state index contributed by atoms with van der Waals surface area (Å²) in [4.78, 5) is 93.3. The lowest BCUT2D eigenvalue weighted by Gasteiger charge is -2.14. The van der Waals surface area contributed by atoms with E-state index in [4.69, 9.17) is 44.5 Å². The third-order valence-electron chi connectivity index (χ3n) is 10.6. The van der Waals surface area contributed by atoms with Gasteiger partial charge in [-0.05, 0) is 38.5 Å². The van der Waals surface area contributed by atoms with E-state index in [1.165, 1.54) is 38.5 Å².